The van der Waals surface area contributed by atoms with Crippen LogP contribution >= 0.6 is 0 Å². The molecule has 0 aromatic carbocycles. The molecule has 92 valence electrons. The summed E-state index contributed by atoms with van der Waals surface area (Å²) in [7, 11) is 0. The Bertz CT molecular complexity index is 229. The summed E-state index contributed by atoms with van der Waals surface area (Å²) in [5.74, 6) is 0. The maximum absolute atomic E-state index is 3.89. The Morgan fingerprint density at radius 2 is 1.75 bits per heavy atom. The molecular weight excluding hydrogens is 196 g/mol. The van der Waals surface area contributed by atoms with E-state index in [4.69, 9.17) is 0 Å². The Hall–Kier alpha value is -0.0800. The fourth-order valence-electron chi connectivity index (χ4n) is 3.79. The number of rotatable bonds is 1. The van der Waals surface area contributed by atoms with Gasteiger partial charge in [-0.3, -0.25) is 4.90 Å². The van der Waals surface area contributed by atoms with E-state index in [2.05, 4.69) is 10.2 Å². The van der Waals surface area contributed by atoms with E-state index in [0.29, 0.717) is 5.54 Å². The van der Waals surface area contributed by atoms with Gasteiger partial charge in [0.2, 0.25) is 0 Å². The van der Waals surface area contributed by atoms with Crippen LogP contribution in [-0.4, -0.2) is 36.1 Å². The van der Waals surface area contributed by atoms with E-state index in [0.717, 1.165) is 6.04 Å². The lowest BCUT2D eigenvalue weighted by Gasteiger charge is -2.44. The Labute approximate surface area is 99.8 Å². The van der Waals surface area contributed by atoms with Gasteiger partial charge in [-0.05, 0) is 45.2 Å². The first kappa shape index (κ1) is 11.0. The second-order valence-electron chi connectivity index (χ2n) is 6.18. The van der Waals surface area contributed by atoms with E-state index in [1.165, 1.54) is 77.4 Å². The van der Waals surface area contributed by atoms with Gasteiger partial charge in [-0.25, -0.2) is 0 Å². The minimum absolute atomic E-state index is 0.504. The van der Waals surface area contributed by atoms with Crippen molar-refractivity contribution in [3.63, 3.8) is 0 Å². The fraction of sp³-hybridized carbons (Fsp3) is 1.00. The largest absolute Gasteiger partial charge is 0.310 e. The summed E-state index contributed by atoms with van der Waals surface area (Å²) in [6.45, 7) is 3.94. The zero-order valence-electron chi connectivity index (χ0n) is 10.5. The molecule has 2 nitrogen and oxygen atoms in total. The van der Waals surface area contributed by atoms with Crippen molar-refractivity contribution in [2.75, 3.05) is 19.6 Å². The summed E-state index contributed by atoms with van der Waals surface area (Å²) in [5, 5.41) is 3.89. The molecule has 0 bridgehead atoms. The van der Waals surface area contributed by atoms with Crippen LogP contribution in [-0.2, 0) is 0 Å². The maximum Gasteiger partial charge on any atom is 0.0308 e. The first-order valence-electron chi connectivity index (χ1n) is 7.37. The molecule has 0 aromatic rings. The highest BCUT2D eigenvalue weighted by Gasteiger charge is 2.37. The average molecular weight is 222 g/mol. The highest BCUT2D eigenvalue weighted by Crippen LogP contribution is 2.33. The SMILES string of the molecule is C1CCC2(CC1)CN(C1CCC1)CCCN2. The molecule has 0 radical (unpaired) electrons. The van der Waals surface area contributed by atoms with E-state index < -0.39 is 0 Å². The van der Waals surface area contributed by atoms with E-state index in [1.54, 1.807) is 0 Å². The van der Waals surface area contributed by atoms with Gasteiger partial charge in [0.25, 0.3) is 0 Å². The number of nitrogens with zero attached hydrogens (tertiary/aromatic N) is 1. The fourth-order valence-corrected chi connectivity index (χ4v) is 3.79. The predicted molar refractivity (Wildman–Crippen MR) is 67.6 cm³/mol. The third kappa shape index (κ3) is 2.14. The summed E-state index contributed by atoms with van der Waals surface area (Å²) in [5.41, 5.74) is 0.504. The second kappa shape index (κ2) is 4.66. The molecule has 0 aromatic heterocycles. The zero-order valence-corrected chi connectivity index (χ0v) is 10.5. The Balaban J connectivity index is 1.67. The lowest BCUT2D eigenvalue weighted by Crippen LogP contribution is -2.55. The predicted octanol–water partition coefficient (Wildman–Crippen LogP) is 2.54. The molecule has 1 N–H and O–H groups in total. The highest BCUT2D eigenvalue weighted by atomic mass is 15.2. The zero-order chi connectivity index (χ0) is 10.8. The third-order valence-corrected chi connectivity index (χ3v) is 5.03. The van der Waals surface area contributed by atoms with Crippen LogP contribution in [0, 0.1) is 0 Å². The van der Waals surface area contributed by atoms with Crippen molar-refractivity contribution in [2.24, 2.45) is 0 Å². The second-order valence-corrected chi connectivity index (χ2v) is 6.18. The summed E-state index contributed by atoms with van der Waals surface area (Å²) < 4.78 is 0. The minimum atomic E-state index is 0.504. The Morgan fingerprint density at radius 3 is 2.44 bits per heavy atom. The van der Waals surface area contributed by atoms with Crippen molar-refractivity contribution in [3.8, 4) is 0 Å². The summed E-state index contributed by atoms with van der Waals surface area (Å²) >= 11 is 0. The Morgan fingerprint density at radius 1 is 0.938 bits per heavy atom. The lowest BCUT2D eigenvalue weighted by atomic mass is 9.80. The molecule has 2 saturated carbocycles. The monoisotopic (exact) mass is 222 g/mol. The lowest BCUT2D eigenvalue weighted by molar-refractivity contribution is 0.0870. The summed E-state index contributed by atoms with van der Waals surface area (Å²) in [4.78, 5) is 2.81. The molecule has 0 amide bonds. The van der Waals surface area contributed by atoms with Gasteiger partial charge in [0, 0.05) is 18.1 Å². The smallest absolute Gasteiger partial charge is 0.0308 e. The molecule has 1 saturated heterocycles. The maximum atomic E-state index is 3.89. The van der Waals surface area contributed by atoms with Crippen LogP contribution in [0.2, 0.25) is 0 Å². The van der Waals surface area contributed by atoms with Crippen molar-refractivity contribution < 1.29 is 0 Å². The summed E-state index contributed by atoms with van der Waals surface area (Å²) in [6.07, 6.45) is 13.0. The van der Waals surface area contributed by atoms with Crippen LogP contribution in [0.15, 0.2) is 0 Å². The molecule has 3 fully saturated rings. The van der Waals surface area contributed by atoms with Gasteiger partial charge in [0.05, 0.1) is 0 Å². The van der Waals surface area contributed by atoms with Gasteiger partial charge in [-0.2, -0.15) is 0 Å². The first-order valence-corrected chi connectivity index (χ1v) is 7.37. The molecular formula is C14H26N2. The van der Waals surface area contributed by atoms with Gasteiger partial charge in [-0.15, -0.1) is 0 Å². The molecule has 1 heterocycles. The van der Waals surface area contributed by atoms with Crippen molar-refractivity contribution >= 4 is 0 Å². The van der Waals surface area contributed by atoms with E-state index in [9.17, 15) is 0 Å². The molecule has 16 heavy (non-hydrogen) atoms. The van der Waals surface area contributed by atoms with Crippen molar-refractivity contribution in [1.29, 1.82) is 0 Å². The van der Waals surface area contributed by atoms with E-state index in [1.807, 2.05) is 0 Å². The quantitative estimate of drug-likeness (QED) is 0.733. The van der Waals surface area contributed by atoms with E-state index in [-0.39, 0.29) is 0 Å². The first-order chi connectivity index (χ1) is 7.88. The molecule has 1 spiro atoms. The highest BCUT2D eigenvalue weighted by molar-refractivity contribution is 4.97. The normalized spacial score (nSPS) is 32.2. The molecule has 3 rings (SSSR count). The topological polar surface area (TPSA) is 15.3 Å². The molecule has 0 atom stereocenters. The molecule has 1 aliphatic heterocycles. The van der Waals surface area contributed by atoms with Crippen LogP contribution in [0.25, 0.3) is 0 Å². The molecule has 3 aliphatic rings. The van der Waals surface area contributed by atoms with Crippen LogP contribution < -0.4 is 5.32 Å². The van der Waals surface area contributed by atoms with Crippen LogP contribution in [0.3, 0.4) is 0 Å². The van der Waals surface area contributed by atoms with Gasteiger partial charge < -0.3 is 5.32 Å². The van der Waals surface area contributed by atoms with Gasteiger partial charge >= 0.3 is 0 Å². The van der Waals surface area contributed by atoms with Crippen LogP contribution in [0.4, 0.5) is 0 Å². The van der Waals surface area contributed by atoms with Crippen molar-refractivity contribution in [1.82, 2.24) is 10.2 Å². The van der Waals surface area contributed by atoms with Crippen LogP contribution in [0.1, 0.15) is 57.8 Å². The molecule has 2 heteroatoms. The molecule has 0 unspecified atom stereocenters. The average Bonchev–Trinajstić information content (AvgIpc) is 2.40. The minimum Gasteiger partial charge on any atom is -0.310 e. The number of hydrogen-bond donors (Lipinski definition) is 1. The van der Waals surface area contributed by atoms with Gasteiger partial charge in [-0.1, -0.05) is 25.7 Å². The molecule has 2 aliphatic carbocycles. The third-order valence-electron chi connectivity index (χ3n) is 5.03. The van der Waals surface area contributed by atoms with Crippen molar-refractivity contribution in [2.45, 2.75) is 69.4 Å². The standard InChI is InChI=1S/C14H26N2/c1-2-8-14(9-3-1)12-16(11-5-10-15-14)13-6-4-7-13/h13,15H,1-12H2. The van der Waals surface area contributed by atoms with E-state index >= 15 is 0 Å². The summed E-state index contributed by atoms with van der Waals surface area (Å²) in [6, 6.07) is 0.943. The van der Waals surface area contributed by atoms with Gasteiger partial charge in [0.15, 0.2) is 0 Å². The van der Waals surface area contributed by atoms with Gasteiger partial charge in [0.1, 0.15) is 0 Å². The van der Waals surface area contributed by atoms with Crippen molar-refractivity contribution in [3.05, 3.63) is 0 Å². The Kier molecular flexibility index (Phi) is 3.21. The number of nitrogens with one attached hydrogen (secondary N) is 1. The van der Waals surface area contributed by atoms with Crippen LogP contribution in [0.5, 0.6) is 0 Å². The number of hydrogen-bond acceptors (Lipinski definition) is 2.